The number of amides is 1. The van der Waals surface area contributed by atoms with Crippen molar-refractivity contribution in [1.29, 1.82) is 0 Å². The molecule has 0 saturated carbocycles. The van der Waals surface area contributed by atoms with Crippen LogP contribution in [0.5, 0.6) is 0 Å². The third-order valence-corrected chi connectivity index (χ3v) is 4.42. The number of hydrogen-bond acceptors (Lipinski definition) is 4. The molecule has 0 spiro atoms. The van der Waals surface area contributed by atoms with E-state index in [9.17, 15) is 4.79 Å². The predicted octanol–water partition coefficient (Wildman–Crippen LogP) is 0.977. The summed E-state index contributed by atoms with van der Waals surface area (Å²) in [5.74, 6) is 0.867. The van der Waals surface area contributed by atoms with Gasteiger partial charge in [0.05, 0.1) is 6.04 Å². The number of hydrogen-bond donors (Lipinski definition) is 2. The maximum absolute atomic E-state index is 12.2. The number of methoxy groups -OCH3 is 1. The highest BCUT2D eigenvalue weighted by Gasteiger charge is 2.32. The number of likely N-dealkylation sites (tertiary alicyclic amines) is 1. The quantitative estimate of drug-likeness (QED) is 0.652. The molecule has 1 aliphatic rings. The van der Waals surface area contributed by atoms with E-state index in [4.69, 9.17) is 10.5 Å². The third kappa shape index (κ3) is 5.04. The van der Waals surface area contributed by atoms with Crippen molar-refractivity contribution in [3.05, 3.63) is 0 Å². The highest BCUT2D eigenvalue weighted by molar-refractivity contribution is 5.81. The molecular formula is C15H31N3O2. The molecule has 20 heavy (non-hydrogen) atoms. The summed E-state index contributed by atoms with van der Waals surface area (Å²) in [5.41, 5.74) is 5.90. The summed E-state index contributed by atoms with van der Waals surface area (Å²) in [6, 6.07) is 0.248. The van der Waals surface area contributed by atoms with Gasteiger partial charge in [0.15, 0.2) is 0 Å². The molecule has 0 aliphatic carbocycles. The van der Waals surface area contributed by atoms with Crippen LogP contribution in [0, 0.1) is 5.92 Å². The predicted molar refractivity (Wildman–Crippen MR) is 81.5 cm³/mol. The van der Waals surface area contributed by atoms with Crippen LogP contribution < -0.4 is 11.1 Å². The molecular weight excluding hydrogens is 254 g/mol. The molecule has 1 heterocycles. The number of nitrogens with one attached hydrogen (secondary N) is 1. The molecule has 3 atom stereocenters. The normalized spacial score (nSPS) is 25.4. The average Bonchev–Trinajstić information content (AvgIpc) is 2.49. The standard InChI is InChI=1S/C15H31N3O2/c1-4-13-6-8-18(14(10-13)11-16)12(2)15(19)17-7-5-9-20-3/h12-14H,4-11,16H2,1-3H3,(H,17,19). The Kier molecular flexibility index (Phi) is 8.11. The van der Waals surface area contributed by atoms with E-state index in [1.165, 1.54) is 12.8 Å². The van der Waals surface area contributed by atoms with Crippen molar-refractivity contribution < 1.29 is 9.53 Å². The number of piperidine rings is 1. The summed E-state index contributed by atoms with van der Waals surface area (Å²) in [6.07, 6.45) is 4.36. The van der Waals surface area contributed by atoms with Crippen molar-refractivity contribution in [3.8, 4) is 0 Å². The molecule has 0 aromatic heterocycles. The zero-order chi connectivity index (χ0) is 15.0. The zero-order valence-electron chi connectivity index (χ0n) is 13.2. The minimum atomic E-state index is -0.0936. The maximum atomic E-state index is 12.2. The van der Waals surface area contributed by atoms with E-state index in [2.05, 4.69) is 17.1 Å². The molecule has 1 rings (SSSR count). The molecule has 0 aromatic carbocycles. The molecule has 1 saturated heterocycles. The maximum Gasteiger partial charge on any atom is 0.237 e. The first kappa shape index (κ1) is 17.4. The van der Waals surface area contributed by atoms with E-state index in [0.717, 1.165) is 25.3 Å². The lowest BCUT2D eigenvalue weighted by Crippen LogP contribution is -2.55. The Hall–Kier alpha value is -0.650. The summed E-state index contributed by atoms with van der Waals surface area (Å²) in [4.78, 5) is 14.5. The monoisotopic (exact) mass is 285 g/mol. The van der Waals surface area contributed by atoms with Crippen LogP contribution in [0.4, 0.5) is 0 Å². The van der Waals surface area contributed by atoms with Gasteiger partial charge >= 0.3 is 0 Å². The second kappa shape index (κ2) is 9.32. The molecule has 3 N–H and O–H groups in total. The van der Waals surface area contributed by atoms with Crippen LogP contribution in [0.15, 0.2) is 0 Å². The zero-order valence-corrected chi connectivity index (χ0v) is 13.2. The SMILES string of the molecule is CCC1CCN(C(C)C(=O)NCCCOC)C(CN)C1. The highest BCUT2D eigenvalue weighted by atomic mass is 16.5. The van der Waals surface area contributed by atoms with E-state index in [-0.39, 0.29) is 11.9 Å². The summed E-state index contributed by atoms with van der Waals surface area (Å²) in [7, 11) is 1.67. The topological polar surface area (TPSA) is 67.6 Å². The van der Waals surface area contributed by atoms with Crippen LogP contribution in [0.1, 0.15) is 39.5 Å². The molecule has 0 radical (unpaired) electrons. The fourth-order valence-electron chi connectivity index (χ4n) is 2.99. The van der Waals surface area contributed by atoms with Gasteiger partial charge in [0, 0.05) is 32.8 Å². The Morgan fingerprint density at radius 1 is 1.55 bits per heavy atom. The fraction of sp³-hybridized carbons (Fsp3) is 0.933. The second-order valence-electron chi connectivity index (χ2n) is 5.74. The minimum Gasteiger partial charge on any atom is -0.385 e. The Bertz CT molecular complexity index is 286. The summed E-state index contributed by atoms with van der Waals surface area (Å²) < 4.78 is 4.98. The Labute approximate surface area is 123 Å². The first-order chi connectivity index (χ1) is 9.63. The van der Waals surface area contributed by atoms with E-state index in [1.807, 2.05) is 6.92 Å². The largest absolute Gasteiger partial charge is 0.385 e. The molecule has 5 heteroatoms. The lowest BCUT2D eigenvalue weighted by Gasteiger charge is -2.41. The number of nitrogens with two attached hydrogens (primary N) is 1. The number of carbonyl (C=O) groups is 1. The lowest BCUT2D eigenvalue weighted by molar-refractivity contribution is -0.127. The number of rotatable bonds is 8. The van der Waals surface area contributed by atoms with Gasteiger partial charge in [0.1, 0.15) is 0 Å². The summed E-state index contributed by atoms with van der Waals surface area (Å²) in [5, 5.41) is 2.98. The van der Waals surface area contributed by atoms with Gasteiger partial charge in [-0.1, -0.05) is 13.3 Å². The van der Waals surface area contributed by atoms with Crippen molar-refractivity contribution in [2.75, 3.05) is 33.4 Å². The Balaban J connectivity index is 2.44. The first-order valence-corrected chi connectivity index (χ1v) is 7.86. The van der Waals surface area contributed by atoms with Crippen LogP contribution in [-0.2, 0) is 9.53 Å². The van der Waals surface area contributed by atoms with Gasteiger partial charge in [0.25, 0.3) is 0 Å². The van der Waals surface area contributed by atoms with Crippen LogP contribution in [0.2, 0.25) is 0 Å². The van der Waals surface area contributed by atoms with Crippen molar-refractivity contribution >= 4 is 5.91 Å². The fourth-order valence-corrected chi connectivity index (χ4v) is 2.99. The average molecular weight is 285 g/mol. The van der Waals surface area contributed by atoms with E-state index >= 15 is 0 Å². The number of nitrogens with zero attached hydrogens (tertiary/aromatic N) is 1. The molecule has 118 valence electrons. The van der Waals surface area contributed by atoms with E-state index < -0.39 is 0 Å². The Morgan fingerprint density at radius 3 is 2.90 bits per heavy atom. The van der Waals surface area contributed by atoms with Crippen molar-refractivity contribution in [1.82, 2.24) is 10.2 Å². The second-order valence-corrected chi connectivity index (χ2v) is 5.74. The van der Waals surface area contributed by atoms with Crippen LogP contribution in [-0.4, -0.2) is 56.2 Å². The van der Waals surface area contributed by atoms with E-state index in [1.54, 1.807) is 7.11 Å². The molecule has 0 aromatic rings. The molecule has 3 unspecified atom stereocenters. The summed E-state index contributed by atoms with van der Waals surface area (Å²) >= 11 is 0. The lowest BCUT2D eigenvalue weighted by atomic mass is 9.88. The van der Waals surface area contributed by atoms with Crippen LogP contribution in [0.25, 0.3) is 0 Å². The molecule has 1 fully saturated rings. The highest BCUT2D eigenvalue weighted by Crippen LogP contribution is 2.26. The Morgan fingerprint density at radius 2 is 2.30 bits per heavy atom. The molecule has 1 aliphatic heterocycles. The first-order valence-electron chi connectivity index (χ1n) is 7.86. The molecule has 1 amide bonds. The smallest absolute Gasteiger partial charge is 0.237 e. The van der Waals surface area contributed by atoms with Gasteiger partial charge in [-0.25, -0.2) is 0 Å². The van der Waals surface area contributed by atoms with Crippen LogP contribution in [0.3, 0.4) is 0 Å². The molecule has 0 bridgehead atoms. The minimum absolute atomic E-state index is 0.0936. The van der Waals surface area contributed by atoms with Gasteiger partial charge in [-0.15, -0.1) is 0 Å². The number of ether oxygens (including phenoxy) is 1. The summed E-state index contributed by atoms with van der Waals surface area (Å²) in [6.45, 7) is 7.20. The van der Waals surface area contributed by atoms with Crippen molar-refractivity contribution in [2.24, 2.45) is 11.7 Å². The van der Waals surface area contributed by atoms with E-state index in [0.29, 0.717) is 25.7 Å². The van der Waals surface area contributed by atoms with Gasteiger partial charge in [-0.05, 0) is 38.6 Å². The number of carbonyl (C=O) groups excluding carboxylic acids is 1. The van der Waals surface area contributed by atoms with Crippen molar-refractivity contribution in [3.63, 3.8) is 0 Å². The van der Waals surface area contributed by atoms with Gasteiger partial charge in [0.2, 0.25) is 5.91 Å². The van der Waals surface area contributed by atoms with Crippen molar-refractivity contribution in [2.45, 2.75) is 51.6 Å². The molecule has 5 nitrogen and oxygen atoms in total. The van der Waals surface area contributed by atoms with Gasteiger partial charge in [-0.3, -0.25) is 9.69 Å². The van der Waals surface area contributed by atoms with Crippen LogP contribution >= 0.6 is 0 Å². The van der Waals surface area contributed by atoms with Gasteiger partial charge in [-0.2, -0.15) is 0 Å². The third-order valence-electron chi connectivity index (χ3n) is 4.42. The van der Waals surface area contributed by atoms with Gasteiger partial charge < -0.3 is 15.8 Å².